The number of hydrogen-bond donors (Lipinski definition) is 2. The molecule has 2 aromatic rings. The minimum absolute atomic E-state index is 0.125. The lowest BCUT2D eigenvalue weighted by Crippen LogP contribution is -2.34. The Labute approximate surface area is 142 Å². The third-order valence-corrected chi connectivity index (χ3v) is 5.40. The number of nitrogens with zero attached hydrogens (tertiary/aromatic N) is 2. The number of amides is 1. The molecule has 2 N–H and O–H groups in total. The van der Waals surface area contributed by atoms with Crippen molar-refractivity contribution in [2.45, 2.75) is 16.9 Å². The molecule has 0 atom stereocenters. The fourth-order valence-corrected chi connectivity index (χ4v) is 3.78. The van der Waals surface area contributed by atoms with Gasteiger partial charge >= 0.3 is 6.18 Å². The lowest BCUT2D eigenvalue weighted by molar-refractivity contribution is -0.136. The Bertz CT molecular complexity index is 615. The van der Waals surface area contributed by atoms with Gasteiger partial charge in [-0.25, -0.2) is 0 Å². The maximum atomic E-state index is 12.0. The summed E-state index contributed by atoms with van der Waals surface area (Å²) in [5, 5.41) is 15.4. The lowest BCUT2D eigenvalue weighted by atomic mass is 10.3. The van der Waals surface area contributed by atoms with Gasteiger partial charge < -0.3 is 10.6 Å². The summed E-state index contributed by atoms with van der Waals surface area (Å²) in [5.41, 5.74) is 0. The molecule has 0 aliphatic carbocycles. The standard InChI is InChI=1S/C12H13F3N4OS3/c13-12(14,15)7-17-9(20)6-22-11-19-18-10(23-11)16-4-3-8-2-1-5-21-8/h1-2,5H,3-4,6-7H2,(H,16,18)(H,17,20). The predicted octanol–water partition coefficient (Wildman–Crippen LogP) is 3.02. The van der Waals surface area contributed by atoms with Crippen molar-refractivity contribution in [1.29, 1.82) is 0 Å². The van der Waals surface area contributed by atoms with Crippen LogP contribution < -0.4 is 10.6 Å². The van der Waals surface area contributed by atoms with Gasteiger partial charge in [-0.2, -0.15) is 13.2 Å². The monoisotopic (exact) mass is 382 g/mol. The first kappa shape index (κ1) is 18.0. The zero-order chi connectivity index (χ0) is 16.7. The van der Waals surface area contributed by atoms with E-state index in [1.807, 2.05) is 17.5 Å². The van der Waals surface area contributed by atoms with E-state index in [0.717, 1.165) is 18.2 Å². The summed E-state index contributed by atoms with van der Waals surface area (Å²) in [5.74, 6) is -0.811. The molecule has 0 bridgehead atoms. The van der Waals surface area contributed by atoms with Crippen molar-refractivity contribution >= 4 is 45.5 Å². The SMILES string of the molecule is O=C(CSc1nnc(NCCc2cccs2)s1)NCC(F)(F)F. The Kier molecular flexibility index (Phi) is 6.66. The molecule has 0 unspecified atom stereocenters. The number of thiophene rings is 1. The molecule has 0 aromatic carbocycles. The second-order valence-corrected chi connectivity index (χ2v) is 7.54. The van der Waals surface area contributed by atoms with Crippen LogP contribution in [0.3, 0.4) is 0 Å². The van der Waals surface area contributed by atoms with E-state index < -0.39 is 18.6 Å². The van der Waals surface area contributed by atoms with E-state index in [2.05, 4.69) is 15.5 Å². The first-order valence-corrected chi connectivity index (χ1v) is 9.16. The van der Waals surface area contributed by atoms with Crippen LogP contribution >= 0.6 is 34.4 Å². The molecule has 0 aliphatic rings. The van der Waals surface area contributed by atoms with Crippen molar-refractivity contribution in [2.75, 3.05) is 24.2 Å². The first-order valence-electron chi connectivity index (χ1n) is 6.48. The molecule has 2 rings (SSSR count). The summed E-state index contributed by atoms with van der Waals surface area (Å²) in [6.07, 6.45) is -3.53. The van der Waals surface area contributed by atoms with Crippen molar-refractivity contribution in [2.24, 2.45) is 0 Å². The maximum absolute atomic E-state index is 12.0. The molecule has 0 aliphatic heterocycles. The normalized spacial score (nSPS) is 11.4. The number of thioether (sulfide) groups is 1. The highest BCUT2D eigenvalue weighted by Gasteiger charge is 2.27. The third-order valence-electron chi connectivity index (χ3n) is 2.45. The molecule has 1 amide bonds. The van der Waals surface area contributed by atoms with Crippen LogP contribution in [-0.2, 0) is 11.2 Å². The van der Waals surface area contributed by atoms with Crippen LogP contribution in [-0.4, -0.2) is 41.1 Å². The van der Waals surface area contributed by atoms with Crippen molar-refractivity contribution in [3.63, 3.8) is 0 Å². The first-order chi connectivity index (χ1) is 10.9. The summed E-state index contributed by atoms with van der Waals surface area (Å²) < 4.78 is 36.4. The lowest BCUT2D eigenvalue weighted by Gasteiger charge is -2.07. The number of anilines is 1. The fraction of sp³-hybridized carbons (Fsp3) is 0.417. The molecule has 5 nitrogen and oxygen atoms in total. The highest BCUT2D eigenvalue weighted by molar-refractivity contribution is 8.01. The Morgan fingerprint density at radius 1 is 1.35 bits per heavy atom. The van der Waals surface area contributed by atoms with E-state index in [-0.39, 0.29) is 5.75 Å². The van der Waals surface area contributed by atoms with Gasteiger partial charge in [0.1, 0.15) is 6.54 Å². The zero-order valence-corrected chi connectivity index (χ0v) is 14.2. The van der Waals surface area contributed by atoms with E-state index in [9.17, 15) is 18.0 Å². The van der Waals surface area contributed by atoms with Gasteiger partial charge in [-0.15, -0.1) is 21.5 Å². The molecule has 23 heavy (non-hydrogen) atoms. The van der Waals surface area contributed by atoms with Crippen molar-refractivity contribution in [3.05, 3.63) is 22.4 Å². The van der Waals surface area contributed by atoms with Crippen LogP contribution in [0.2, 0.25) is 0 Å². The maximum Gasteiger partial charge on any atom is 0.405 e. The number of alkyl halides is 3. The highest BCUT2D eigenvalue weighted by Crippen LogP contribution is 2.25. The Balaban J connectivity index is 1.67. The largest absolute Gasteiger partial charge is 0.405 e. The minimum atomic E-state index is -4.40. The average molecular weight is 382 g/mol. The summed E-state index contributed by atoms with van der Waals surface area (Å²) in [4.78, 5) is 12.5. The number of halogens is 3. The summed E-state index contributed by atoms with van der Waals surface area (Å²) in [6.45, 7) is -0.607. The highest BCUT2D eigenvalue weighted by atomic mass is 32.2. The fourth-order valence-electron chi connectivity index (χ4n) is 1.46. The third kappa shape index (κ3) is 7.18. The number of carbonyl (C=O) groups is 1. The van der Waals surface area contributed by atoms with Crippen LogP contribution in [0.1, 0.15) is 4.88 Å². The number of nitrogens with one attached hydrogen (secondary N) is 2. The minimum Gasteiger partial charge on any atom is -0.360 e. The summed E-state index contributed by atoms with van der Waals surface area (Å²) >= 11 is 4.00. The molecule has 2 aromatic heterocycles. The molecule has 126 valence electrons. The number of rotatable bonds is 8. The molecular weight excluding hydrogens is 369 g/mol. The van der Waals surface area contributed by atoms with Crippen molar-refractivity contribution < 1.29 is 18.0 Å². The molecule has 0 spiro atoms. The van der Waals surface area contributed by atoms with Crippen LogP contribution in [0.15, 0.2) is 21.9 Å². The topological polar surface area (TPSA) is 66.9 Å². The van der Waals surface area contributed by atoms with Gasteiger partial charge in [-0.3, -0.25) is 4.79 Å². The number of carbonyl (C=O) groups excluding carboxylic acids is 1. The molecule has 0 saturated heterocycles. The summed E-state index contributed by atoms with van der Waals surface area (Å²) in [7, 11) is 0. The molecule has 0 radical (unpaired) electrons. The van der Waals surface area contributed by atoms with Crippen LogP contribution in [0.4, 0.5) is 18.3 Å². The second-order valence-electron chi connectivity index (χ2n) is 4.31. The van der Waals surface area contributed by atoms with Crippen LogP contribution in [0.5, 0.6) is 0 Å². The van der Waals surface area contributed by atoms with Gasteiger partial charge in [0.05, 0.1) is 5.75 Å². The van der Waals surface area contributed by atoms with Gasteiger partial charge in [0.15, 0.2) is 4.34 Å². The smallest absolute Gasteiger partial charge is 0.360 e. The Morgan fingerprint density at radius 3 is 2.87 bits per heavy atom. The van der Waals surface area contributed by atoms with Gasteiger partial charge in [0, 0.05) is 11.4 Å². The van der Waals surface area contributed by atoms with Crippen LogP contribution in [0, 0.1) is 0 Å². The van der Waals surface area contributed by atoms with Gasteiger partial charge in [-0.1, -0.05) is 29.2 Å². The van der Waals surface area contributed by atoms with Gasteiger partial charge in [0.25, 0.3) is 0 Å². The van der Waals surface area contributed by atoms with E-state index >= 15 is 0 Å². The molecule has 11 heteroatoms. The van der Waals surface area contributed by atoms with E-state index in [1.165, 1.54) is 16.2 Å². The van der Waals surface area contributed by atoms with Crippen molar-refractivity contribution in [1.82, 2.24) is 15.5 Å². The predicted molar refractivity (Wildman–Crippen MR) is 86.2 cm³/mol. The second kappa shape index (κ2) is 8.50. The Hall–Kier alpha value is -1.33. The van der Waals surface area contributed by atoms with E-state index in [1.54, 1.807) is 16.7 Å². The van der Waals surface area contributed by atoms with Crippen LogP contribution in [0.25, 0.3) is 0 Å². The summed E-state index contributed by atoms with van der Waals surface area (Å²) in [6, 6.07) is 4.04. The zero-order valence-electron chi connectivity index (χ0n) is 11.7. The van der Waals surface area contributed by atoms with Gasteiger partial charge in [0.2, 0.25) is 11.0 Å². The number of aromatic nitrogens is 2. The van der Waals surface area contributed by atoms with E-state index in [0.29, 0.717) is 16.0 Å². The molecule has 0 fully saturated rings. The van der Waals surface area contributed by atoms with E-state index in [4.69, 9.17) is 0 Å². The molecule has 0 saturated carbocycles. The average Bonchev–Trinajstić information content (AvgIpc) is 3.14. The van der Waals surface area contributed by atoms with Gasteiger partial charge in [-0.05, 0) is 17.9 Å². The molecule has 2 heterocycles. The molecular formula is C12H13F3N4OS3. The van der Waals surface area contributed by atoms with Crippen molar-refractivity contribution in [3.8, 4) is 0 Å². The number of hydrogen-bond acceptors (Lipinski definition) is 7. The Morgan fingerprint density at radius 2 is 2.17 bits per heavy atom. The quantitative estimate of drug-likeness (QED) is 0.687.